The molecule has 3 aromatic rings. The number of hydrogen-bond donors (Lipinski definition) is 1. The third kappa shape index (κ3) is 5.14. The van der Waals surface area contributed by atoms with Gasteiger partial charge >= 0.3 is 0 Å². The van der Waals surface area contributed by atoms with E-state index in [4.69, 9.17) is 0 Å². The van der Waals surface area contributed by atoms with E-state index < -0.39 is 10.0 Å². The molecule has 32 heavy (non-hydrogen) atoms. The number of amides is 1. The molecule has 8 nitrogen and oxygen atoms in total. The Kier molecular flexibility index (Phi) is 6.54. The van der Waals surface area contributed by atoms with E-state index in [1.165, 1.54) is 46.0 Å². The second-order valence-corrected chi connectivity index (χ2v) is 10.4. The molecule has 1 aliphatic heterocycles. The molecule has 1 amide bonds. The highest BCUT2D eigenvalue weighted by molar-refractivity contribution is 7.89. The lowest BCUT2D eigenvalue weighted by Gasteiger charge is -2.33. The first-order chi connectivity index (χ1) is 15.3. The molecule has 0 bridgehead atoms. The van der Waals surface area contributed by atoms with E-state index in [1.54, 1.807) is 12.1 Å². The zero-order valence-electron chi connectivity index (χ0n) is 18.0. The molecule has 1 aliphatic rings. The van der Waals surface area contributed by atoms with Crippen LogP contribution in [0.3, 0.4) is 0 Å². The van der Waals surface area contributed by atoms with Crippen LogP contribution in [-0.2, 0) is 21.2 Å². The number of aromatic nitrogens is 2. The second kappa shape index (κ2) is 9.35. The van der Waals surface area contributed by atoms with Crippen LogP contribution in [0.25, 0.3) is 0 Å². The zero-order chi connectivity index (χ0) is 22.7. The molecular weight excluding hydrogens is 446 g/mol. The number of hydrogen-bond acceptors (Lipinski definition) is 7. The molecule has 1 aromatic heterocycles. The molecule has 0 radical (unpaired) electrons. The molecule has 0 atom stereocenters. The number of anilines is 2. The molecule has 168 valence electrons. The smallest absolute Gasteiger partial charge is 0.243 e. The molecule has 0 saturated carbocycles. The van der Waals surface area contributed by atoms with Crippen molar-refractivity contribution in [3.63, 3.8) is 0 Å². The lowest BCUT2D eigenvalue weighted by atomic mass is 10.1. The zero-order valence-corrected chi connectivity index (χ0v) is 19.6. The molecule has 2 heterocycles. The minimum atomic E-state index is -3.59. The Hall–Kier alpha value is -2.82. The quantitative estimate of drug-likeness (QED) is 0.594. The maximum absolute atomic E-state index is 13.0. The molecule has 0 unspecified atom stereocenters. The topological polar surface area (TPSA) is 95.5 Å². The Morgan fingerprint density at radius 3 is 2.31 bits per heavy atom. The van der Waals surface area contributed by atoms with Crippen molar-refractivity contribution in [2.24, 2.45) is 0 Å². The predicted molar refractivity (Wildman–Crippen MR) is 126 cm³/mol. The van der Waals surface area contributed by atoms with Gasteiger partial charge in [0.05, 0.1) is 4.90 Å². The van der Waals surface area contributed by atoms with Gasteiger partial charge < -0.3 is 10.2 Å². The first-order valence-corrected chi connectivity index (χ1v) is 12.5. The monoisotopic (exact) mass is 471 g/mol. The normalized spacial score (nSPS) is 15.0. The van der Waals surface area contributed by atoms with E-state index in [0.717, 1.165) is 11.0 Å². The Labute approximate surface area is 192 Å². The average Bonchev–Trinajstić information content (AvgIpc) is 3.24. The summed E-state index contributed by atoms with van der Waals surface area (Å²) in [5.41, 5.74) is 2.96. The summed E-state index contributed by atoms with van der Waals surface area (Å²) in [5, 5.41) is 3.46. The Morgan fingerprint density at radius 2 is 1.69 bits per heavy atom. The number of carbonyl (C=O) groups excluding carboxylic acids is 1. The van der Waals surface area contributed by atoms with Gasteiger partial charge in [-0.1, -0.05) is 29.8 Å². The largest absolute Gasteiger partial charge is 0.344 e. The highest BCUT2D eigenvalue weighted by Crippen LogP contribution is 2.24. The van der Waals surface area contributed by atoms with Crippen molar-refractivity contribution in [1.29, 1.82) is 0 Å². The number of nitrogens with one attached hydrogen (secondary N) is 1. The van der Waals surface area contributed by atoms with Crippen molar-refractivity contribution < 1.29 is 13.2 Å². The maximum Gasteiger partial charge on any atom is 0.243 e. The van der Waals surface area contributed by atoms with Gasteiger partial charge in [-0.15, -0.1) is 0 Å². The van der Waals surface area contributed by atoms with Gasteiger partial charge in [0.1, 0.15) is 5.82 Å². The minimum absolute atomic E-state index is 0.199. The number of rotatable bonds is 6. The standard InChI is InChI=1S/C22H25N5O3S2/c1-16-3-5-18(6-4-16)15-21-24-22(31-25-21)26-11-13-27(14-12-26)32(29,30)20-9-7-19(8-10-20)23-17(2)28/h3-10H,11-15H2,1-2H3,(H,23,28). The summed E-state index contributed by atoms with van der Waals surface area (Å²) in [5.74, 6) is 0.582. The summed E-state index contributed by atoms with van der Waals surface area (Å²) >= 11 is 1.35. The van der Waals surface area contributed by atoms with Crippen LogP contribution in [0, 0.1) is 6.92 Å². The van der Waals surface area contributed by atoms with Crippen LogP contribution < -0.4 is 10.2 Å². The molecule has 10 heteroatoms. The van der Waals surface area contributed by atoms with Gasteiger partial charge in [0, 0.05) is 56.7 Å². The Morgan fingerprint density at radius 1 is 1.03 bits per heavy atom. The van der Waals surface area contributed by atoms with Gasteiger partial charge in [-0.05, 0) is 36.8 Å². The van der Waals surface area contributed by atoms with Gasteiger partial charge in [0.15, 0.2) is 0 Å². The fourth-order valence-electron chi connectivity index (χ4n) is 3.52. The first kappa shape index (κ1) is 22.4. The van der Waals surface area contributed by atoms with Crippen LogP contribution in [0.1, 0.15) is 23.9 Å². The fraction of sp³-hybridized carbons (Fsp3) is 0.318. The molecule has 4 rings (SSSR count). The first-order valence-electron chi connectivity index (χ1n) is 10.3. The molecular formula is C22H25N5O3S2. The van der Waals surface area contributed by atoms with Gasteiger partial charge in [-0.2, -0.15) is 8.68 Å². The number of aryl methyl sites for hydroxylation is 1. The number of nitrogens with zero attached hydrogens (tertiary/aromatic N) is 4. The summed E-state index contributed by atoms with van der Waals surface area (Å²) in [7, 11) is -3.59. The van der Waals surface area contributed by atoms with Crippen LogP contribution in [0.5, 0.6) is 0 Å². The van der Waals surface area contributed by atoms with Crippen molar-refractivity contribution in [2.45, 2.75) is 25.2 Å². The van der Waals surface area contributed by atoms with Crippen molar-refractivity contribution in [1.82, 2.24) is 13.7 Å². The SMILES string of the molecule is CC(=O)Nc1ccc(S(=O)(=O)N2CCN(c3nc(Cc4ccc(C)cc4)ns3)CC2)cc1. The van der Waals surface area contributed by atoms with Crippen molar-refractivity contribution >= 4 is 38.3 Å². The third-order valence-corrected chi connectivity index (χ3v) is 7.99. The third-order valence-electron chi connectivity index (χ3n) is 5.26. The van der Waals surface area contributed by atoms with Crippen molar-refractivity contribution in [2.75, 3.05) is 36.4 Å². The molecule has 1 N–H and O–H groups in total. The highest BCUT2D eigenvalue weighted by Gasteiger charge is 2.29. The number of carbonyl (C=O) groups is 1. The van der Waals surface area contributed by atoms with Crippen molar-refractivity contribution in [3.8, 4) is 0 Å². The molecule has 1 fully saturated rings. The van der Waals surface area contributed by atoms with Gasteiger partial charge in [0.25, 0.3) is 0 Å². The van der Waals surface area contributed by atoms with Gasteiger partial charge in [-0.25, -0.2) is 13.4 Å². The minimum Gasteiger partial charge on any atom is -0.344 e. The highest BCUT2D eigenvalue weighted by atomic mass is 32.2. The molecule has 0 spiro atoms. The number of benzene rings is 2. The van der Waals surface area contributed by atoms with E-state index in [-0.39, 0.29) is 10.8 Å². The van der Waals surface area contributed by atoms with Crippen molar-refractivity contribution in [3.05, 3.63) is 65.5 Å². The van der Waals surface area contributed by atoms with E-state index in [2.05, 4.69) is 50.8 Å². The summed E-state index contributed by atoms with van der Waals surface area (Å²) in [4.78, 5) is 18.1. The second-order valence-electron chi connectivity index (χ2n) is 7.75. The number of piperazine rings is 1. The summed E-state index contributed by atoms with van der Waals surface area (Å²) in [6.07, 6.45) is 0.680. The summed E-state index contributed by atoms with van der Waals surface area (Å²) in [6, 6.07) is 14.6. The maximum atomic E-state index is 13.0. The number of sulfonamides is 1. The van der Waals surface area contributed by atoms with E-state index in [1.807, 2.05) is 0 Å². The lowest BCUT2D eigenvalue weighted by Crippen LogP contribution is -2.48. The van der Waals surface area contributed by atoms with Crippen LogP contribution in [0.4, 0.5) is 10.8 Å². The average molecular weight is 472 g/mol. The fourth-order valence-corrected chi connectivity index (χ4v) is 5.67. The van der Waals surface area contributed by atoms with E-state index in [0.29, 0.717) is 38.3 Å². The Balaban J connectivity index is 1.37. The van der Waals surface area contributed by atoms with Crippen LogP contribution in [0.15, 0.2) is 53.4 Å². The van der Waals surface area contributed by atoms with Crippen LogP contribution in [0.2, 0.25) is 0 Å². The molecule has 0 aliphatic carbocycles. The van der Waals surface area contributed by atoms with E-state index >= 15 is 0 Å². The predicted octanol–water partition coefficient (Wildman–Crippen LogP) is 2.91. The Bertz CT molecular complexity index is 1180. The van der Waals surface area contributed by atoms with Crippen LogP contribution in [-0.4, -0.2) is 54.2 Å². The van der Waals surface area contributed by atoms with Gasteiger partial charge in [0.2, 0.25) is 21.1 Å². The molecule has 1 saturated heterocycles. The van der Waals surface area contributed by atoms with Gasteiger partial charge in [-0.3, -0.25) is 4.79 Å². The van der Waals surface area contributed by atoms with Crippen LogP contribution >= 0.6 is 11.5 Å². The lowest BCUT2D eigenvalue weighted by molar-refractivity contribution is -0.114. The summed E-state index contributed by atoms with van der Waals surface area (Å²) < 4.78 is 32.0. The summed E-state index contributed by atoms with van der Waals surface area (Å²) in [6.45, 7) is 5.34. The van der Waals surface area contributed by atoms with E-state index in [9.17, 15) is 13.2 Å². The molecule has 2 aromatic carbocycles.